The van der Waals surface area contributed by atoms with E-state index in [4.69, 9.17) is 4.74 Å². The first kappa shape index (κ1) is 19.2. The molecule has 1 aromatic heterocycles. The Hall–Kier alpha value is -2.16. The van der Waals surface area contributed by atoms with E-state index >= 15 is 0 Å². The summed E-state index contributed by atoms with van der Waals surface area (Å²) in [5.74, 6) is -0.716. The monoisotopic (exact) mass is 452 g/mol. The molecule has 1 atom stereocenters. The number of halogens is 2. The molecule has 2 aliphatic heterocycles. The maximum Gasteiger partial charge on any atom is 0.410 e. The second kappa shape index (κ2) is 6.72. The number of piperazine rings is 1. The first-order chi connectivity index (χ1) is 13.2. The zero-order chi connectivity index (χ0) is 20.2. The van der Waals surface area contributed by atoms with Gasteiger partial charge >= 0.3 is 6.09 Å². The van der Waals surface area contributed by atoms with E-state index in [1.54, 1.807) is 20.7 Å². The molecule has 28 heavy (non-hydrogen) atoms. The summed E-state index contributed by atoms with van der Waals surface area (Å²) in [4.78, 5) is 29.1. The van der Waals surface area contributed by atoms with Gasteiger partial charge in [0.15, 0.2) is 0 Å². The van der Waals surface area contributed by atoms with Crippen LogP contribution in [-0.2, 0) is 11.3 Å². The van der Waals surface area contributed by atoms with Crippen LogP contribution in [0.2, 0.25) is 0 Å². The molecule has 0 radical (unpaired) electrons. The van der Waals surface area contributed by atoms with E-state index in [1.807, 2.05) is 20.8 Å². The Kier molecular flexibility index (Phi) is 4.60. The van der Waals surface area contributed by atoms with Crippen molar-refractivity contribution in [2.75, 3.05) is 19.6 Å². The van der Waals surface area contributed by atoms with Crippen LogP contribution < -0.4 is 0 Å². The number of nitrogens with zero attached hydrogens (tertiary/aromatic N) is 4. The van der Waals surface area contributed by atoms with Crippen molar-refractivity contribution in [3.8, 4) is 0 Å². The molecule has 1 fully saturated rings. The lowest BCUT2D eigenvalue weighted by Gasteiger charge is -2.42. The smallest absolute Gasteiger partial charge is 0.410 e. The molecule has 2 amide bonds. The predicted molar refractivity (Wildman–Crippen MR) is 105 cm³/mol. The maximum atomic E-state index is 14.4. The van der Waals surface area contributed by atoms with E-state index in [1.165, 1.54) is 6.07 Å². The number of carbonyl (C=O) groups is 2. The Balaban J connectivity index is 1.65. The molecule has 0 spiro atoms. The Bertz CT molecular complexity index is 968. The van der Waals surface area contributed by atoms with E-state index in [9.17, 15) is 14.0 Å². The van der Waals surface area contributed by atoms with E-state index in [0.29, 0.717) is 53.5 Å². The largest absolute Gasteiger partial charge is 0.444 e. The predicted octanol–water partition coefficient (Wildman–Crippen LogP) is 3.40. The first-order valence-corrected chi connectivity index (χ1v) is 10.1. The third-order valence-electron chi connectivity index (χ3n) is 5.11. The lowest BCUT2D eigenvalue weighted by Crippen LogP contribution is -2.57. The van der Waals surface area contributed by atoms with Crippen molar-refractivity contribution in [1.82, 2.24) is 19.6 Å². The number of carbonyl (C=O) groups excluding carboxylic acids is 2. The molecule has 1 aromatic carbocycles. The number of rotatable bonds is 0. The van der Waals surface area contributed by atoms with Crippen LogP contribution in [-0.4, -0.2) is 62.9 Å². The Morgan fingerprint density at radius 3 is 2.79 bits per heavy atom. The van der Waals surface area contributed by atoms with Crippen LogP contribution in [0.25, 0.3) is 10.9 Å². The summed E-state index contributed by atoms with van der Waals surface area (Å²) in [6.45, 7) is 7.21. The summed E-state index contributed by atoms with van der Waals surface area (Å²) in [6, 6.07) is 1.10. The van der Waals surface area contributed by atoms with Crippen molar-refractivity contribution in [3.63, 3.8) is 0 Å². The maximum absolute atomic E-state index is 14.4. The molecule has 4 rings (SSSR count). The van der Waals surface area contributed by atoms with Gasteiger partial charge in [-0.05, 0) is 49.2 Å². The van der Waals surface area contributed by atoms with Gasteiger partial charge in [-0.1, -0.05) is 0 Å². The molecule has 0 N–H and O–H groups in total. The molecule has 0 aliphatic carbocycles. The van der Waals surface area contributed by atoms with Crippen molar-refractivity contribution < 1.29 is 18.7 Å². The zero-order valence-corrected chi connectivity index (χ0v) is 17.6. The van der Waals surface area contributed by atoms with E-state index in [-0.39, 0.29) is 18.0 Å². The lowest BCUT2D eigenvalue weighted by atomic mass is 10.0. The Morgan fingerprint density at radius 2 is 2.07 bits per heavy atom. The third kappa shape index (κ3) is 3.25. The van der Waals surface area contributed by atoms with Gasteiger partial charge in [-0.3, -0.25) is 9.48 Å². The zero-order valence-electron chi connectivity index (χ0n) is 16.0. The van der Waals surface area contributed by atoms with Crippen molar-refractivity contribution in [3.05, 3.63) is 28.1 Å². The molecule has 0 unspecified atom stereocenters. The molecule has 0 saturated carbocycles. The molecule has 2 aromatic rings. The van der Waals surface area contributed by atoms with Gasteiger partial charge in [-0.25, -0.2) is 9.18 Å². The van der Waals surface area contributed by atoms with Gasteiger partial charge in [0, 0.05) is 31.6 Å². The lowest BCUT2D eigenvalue weighted by molar-refractivity contribution is 0.00275. The van der Waals surface area contributed by atoms with Crippen LogP contribution >= 0.6 is 15.9 Å². The molecule has 0 bridgehead atoms. The summed E-state index contributed by atoms with van der Waals surface area (Å²) in [5, 5.41) is 4.94. The van der Waals surface area contributed by atoms with Gasteiger partial charge in [-0.15, -0.1) is 0 Å². The summed E-state index contributed by atoms with van der Waals surface area (Å²) in [5.41, 5.74) is 0.380. The second-order valence-corrected chi connectivity index (χ2v) is 9.01. The summed E-state index contributed by atoms with van der Waals surface area (Å²) in [6.07, 6.45) is 1.85. The summed E-state index contributed by atoms with van der Waals surface area (Å²) < 4.78 is 21.9. The van der Waals surface area contributed by atoms with Crippen LogP contribution in [0.15, 0.2) is 16.7 Å². The fourth-order valence-electron chi connectivity index (χ4n) is 3.84. The minimum absolute atomic E-state index is 0.173. The molecule has 3 heterocycles. The Labute approximate surface area is 170 Å². The van der Waals surface area contributed by atoms with Crippen LogP contribution in [0.1, 0.15) is 37.6 Å². The minimum Gasteiger partial charge on any atom is -0.444 e. The molecule has 1 saturated heterocycles. The van der Waals surface area contributed by atoms with Gasteiger partial charge in [0.1, 0.15) is 11.4 Å². The number of fused-ring (bicyclic) bond motifs is 1. The highest BCUT2D eigenvalue weighted by Gasteiger charge is 2.37. The number of aromatic nitrogens is 2. The SMILES string of the molecule is CC(C)(C)OC(=O)N1CCN2C(=O)c3cc(F)c(Br)c4cnn(c34)CC[C@H]2C1. The van der Waals surface area contributed by atoms with E-state index < -0.39 is 11.4 Å². The first-order valence-electron chi connectivity index (χ1n) is 9.28. The topological polar surface area (TPSA) is 67.7 Å². The fourth-order valence-corrected chi connectivity index (χ4v) is 4.24. The van der Waals surface area contributed by atoms with Gasteiger partial charge in [0.05, 0.1) is 27.8 Å². The van der Waals surface area contributed by atoms with Gasteiger partial charge < -0.3 is 14.5 Å². The van der Waals surface area contributed by atoms with Crippen molar-refractivity contribution in [1.29, 1.82) is 0 Å². The van der Waals surface area contributed by atoms with Crippen molar-refractivity contribution in [2.24, 2.45) is 0 Å². The average Bonchev–Trinajstić information content (AvgIpc) is 3.04. The third-order valence-corrected chi connectivity index (χ3v) is 5.92. The molecule has 150 valence electrons. The summed E-state index contributed by atoms with van der Waals surface area (Å²) in [7, 11) is 0. The van der Waals surface area contributed by atoms with Gasteiger partial charge in [-0.2, -0.15) is 5.10 Å². The fraction of sp³-hybridized carbons (Fsp3) is 0.526. The van der Waals surface area contributed by atoms with Crippen molar-refractivity contribution in [2.45, 2.75) is 45.4 Å². The van der Waals surface area contributed by atoms with Gasteiger partial charge in [0.25, 0.3) is 5.91 Å². The number of aryl methyl sites for hydroxylation is 1. The quantitative estimate of drug-likeness (QED) is 0.614. The number of hydrogen-bond acceptors (Lipinski definition) is 4. The van der Waals surface area contributed by atoms with Crippen LogP contribution in [0, 0.1) is 5.82 Å². The number of ether oxygens (including phenoxy) is 1. The average molecular weight is 453 g/mol. The highest BCUT2D eigenvalue weighted by molar-refractivity contribution is 9.10. The molecule has 7 nitrogen and oxygen atoms in total. The summed E-state index contributed by atoms with van der Waals surface area (Å²) >= 11 is 3.25. The number of amides is 2. The normalized spacial score (nSPS) is 20.0. The highest BCUT2D eigenvalue weighted by atomic mass is 79.9. The van der Waals surface area contributed by atoms with Crippen molar-refractivity contribution >= 4 is 38.8 Å². The minimum atomic E-state index is -0.574. The van der Waals surface area contributed by atoms with Crippen LogP contribution in [0.3, 0.4) is 0 Å². The highest BCUT2D eigenvalue weighted by Crippen LogP contribution is 2.33. The van der Waals surface area contributed by atoms with E-state index in [0.717, 1.165) is 0 Å². The van der Waals surface area contributed by atoms with Crippen LogP contribution in [0.5, 0.6) is 0 Å². The molecular weight excluding hydrogens is 431 g/mol. The number of hydrogen-bond donors (Lipinski definition) is 0. The molecule has 9 heteroatoms. The van der Waals surface area contributed by atoms with E-state index in [2.05, 4.69) is 21.0 Å². The number of benzene rings is 1. The van der Waals surface area contributed by atoms with Crippen LogP contribution in [0.4, 0.5) is 9.18 Å². The molecule has 2 aliphatic rings. The standard InChI is InChI=1S/C19H22BrFN4O3/c1-19(2,3)28-18(27)23-6-7-24-11(10-23)4-5-25-16-12(17(24)26)8-14(21)15(20)13(16)9-22-25/h8-9,11H,4-7,10H2,1-3H3/t11-/m0/s1. The van der Waals surface area contributed by atoms with Gasteiger partial charge in [0.2, 0.25) is 0 Å². The molecular formula is C19H22BrFN4O3. The Morgan fingerprint density at radius 1 is 1.32 bits per heavy atom. The second-order valence-electron chi connectivity index (χ2n) is 8.22.